The predicted molar refractivity (Wildman–Crippen MR) is 76.9 cm³/mol. The first-order valence-electron chi connectivity index (χ1n) is 7.49. The van der Waals surface area contributed by atoms with Crippen LogP contribution in [-0.4, -0.2) is 41.0 Å². The summed E-state index contributed by atoms with van der Waals surface area (Å²) in [5.41, 5.74) is 0.930. The number of halogens is 1. The Bertz CT molecular complexity index is 390. The first-order valence-corrected chi connectivity index (χ1v) is 7.49. The Hall–Kier alpha value is -0.970. The molecular weight excluding hydrogens is 257 g/mol. The zero-order valence-electron chi connectivity index (χ0n) is 11.8. The number of aliphatic hydroxyl groups excluding tert-OH is 2. The average Bonchev–Trinajstić information content (AvgIpc) is 2.50. The van der Waals surface area contributed by atoms with E-state index in [1.165, 1.54) is 18.6 Å². The Morgan fingerprint density at radius 3 is 2.30 bits per heavy atom. The maximum Gasteiger partial charge on any atom is 0.123 e. The van der Waals surface area contributed by atoms with Gasteiger partial charge in [-0.1, -0.05) is 18.6 Å². The molecule has 1 heterocycles. The first-order chi connectivity index (χ1) is 9.70. The van der Waals surface area contributed by atoms with E-state index in [2.05, 4.69) is 4.90 Å². The molecule has 20 heavy (non-hydrogen) atoms. The molecule has 3 nitrogen and oxygen atoms in total. The van der Waals surface area contributed by atoms with Gasteiger partial charge in [-0.05, 0) is 43.4 Å². The number of hydrogen-bond donors (Lipinski definition) is 2. The number of benzene rings is 1. The van der Waals surface area contributed by atoms with Gasteiger partial charge in [0.05, 0.1) is 0 Å². The standard InChI is InChI=1S/C16H24FNO2/c17-15-7-4-13(5-8-15)14(12-19)6-9-16(20)18-10-2-1-3-11-18/h4-5,7-8,14,16,19-20H,1-3,6,9-12H2. The van der Waals surface area contributed by atoms with Gasteiger partial charge in [0.1, 0.15) is 12.0 Å². The molecule has 2 rings (SSSR count). The Morgan fingerprint density at radius 2 is 1.70 bits per heavy atom. The highest BCUT2D eigenvalue weighted by atomic mass is 19.1. The fourth-order valence-corrected chi connectivity index (χ4v) is 2.85. The fourth-order valence-electron chi connectivity index (χ4n) is 2.85. The summed E-state index contributed by atoms with van der Waals surface area (Å²) in [5.74, 6) is -0.297. The van der Waals surface area contributed by atoms with E-state index in [4.69, 9.17) is 0 Å². The number of nitrogens with zero attached hydrogens (tertiary/aromatic N) is 1. The maximum absolute atomic E-state index is 12.9. The van der Waals surface area contributed by atoms with Crippen molar-refractivity contribution < 1.29 is 14.6 Å². The molecule has 0 aliphatic carbocycles. The third kappa shape index (κ3) is 4.27. The van der Waals surface area contributed by atoms with E-state index in [-0.39, 0.29) is 18.3 Å². The van der Waals surface area contributed by atoms with Crippen LogP contribution in [0.2, 0.25) is 0 Å². The quantitative estimate of drug-likeness (QED) is 0.842. The van der Waals surface area contributed by atoms with Gasteiger partial charge < -0.3 is 10.2 Å². The molecule has 0 saturated carbocycles. The smallest absolute Gasteiger partial charge is 0.123 e. The van der Waals surface area contributed by atoms with E-state index in [1.54, 1.807) is 12.1 Å². The van der Waals surface area contributed by atoms with Crippen molar-refractivity contribution in [3.63, 3.8) is 0 Å². The molecule has 4 heteroatoms. The third-order valence-electron chi connectivity index (χ3n) is 4.15. The number of rotatable bonds is 6. The fraction of sp³-hybridized carbons (Fsp3) is 0.625. The summed E-state index contributed by atoms with van der Waals surface area (Å²) in [5, 5.41) is 19.7. The van der Waals surface area contributed by atoms with E-state index in [0.29, 0.717) is 12.8 Å². The summed E-state index contributed by atoms with van der Waals surface area (Å²) in [4.78, 5) is 2.11. The number of likely N-dealkylation sites (tertiary alicyclic amines) is 1. The summed E-state index contributed by atoms with van der Waals surface area (Å²) < 4.78 is 12.9. The lowest BCUT2D eigenvalue weighted by molar-refractivity contribution is -0.0164. The normalized spacial score (nSPS) is 19.8. The summed E-state index contributed by atoms with van der Waals surface area (Å²) in [6, 6.07) is 6.26. The number of aliphatic hydroxyl groups is 2. The topological polar surface area (TPSA) is 43.7 Å². The Morgan fingerprint density at radius 1 is 1.05 bits per heavy atom. The van der Waals surface area contributed by atoms with Gasteiger partial charge >= 0.3 is 0 Å². The minimum absolute atomic E-state index is 0.0261. The monoisotopic (exact) mass is 281 g/mol. The van der Waals surface area contributed by atoms with Gasteiger partial charge in [0.2, 0.25) is 0 Å². The summed E-state index contributed by atoms with van der Waals surface area (Å²) >= 11 is 0. The lowest BCUT2D eigenvalue weighted by atomic mass is 9.94. The highest BCUT2D eigenvalue weighted by molar-refractivity contribution is 5.20. The van der Waals surface area contributed by atoms with Crippen molar-refractivity contribution in [3.8, 4) is 0 Å². The second-order valence-corrected chi connectivity index (χ2v) is 5.59. The molecule has 1 saturated heterocycles. The molecule has 1 aliphatic heterocycles. The SMILES string of the molecule is OCC(CCC(O)N1CCCCC1)c1ccc(F)cc1. The largest absolute Gasteiger partial charge is 0.396 e. The Kier molecular flexibility index (Phi) is 5.95. The van der Waals surface area contributed by atoms with E-state index >= 15 is 0 Å². The molecule has 2 unspecified atom stereocenters. The average molecular weight is 281 g/mol. The number of hydrogen-bond acceptors (Lipinski definition) is 3. The van der Waals surface area contributed by atoms with Crippen LogP contribution in [0.4, 0.5) is 4.39 Å². The van der Waals surface area contributed by atoms with Crippen molar-refractivity contribution in [3.05, 3.63) is 35.6 Å². The Balaban J connectivity index is 1.85. The van der Waals surface area contributed by atoms with Gasteiger partial charge in [-0.15, -0.1) is 0 Å². The van der Waals surface area contributed by atoms with Crippen LogP contribution in [0.5, 0.6) is 0 Å². The highest BCUT2D eigenvalue weighted by Crippen LogP contribution is 2.23. The molecule has 1 aromatic rings. The molecule has 0 radical (unpaired) electrons. The van der Waals surface area contributed by atoms with E-state index in [1.807, 2.05) is 0 Å². The Labute approximate surface area is 120 Å². The van der Waals surface area contributed by atoms with Crippen LogP contribution in [0.3, 0.4) is 0 Å². The van der Waals surface area contributed by atoms with E-state index in [0.717, 1.165) is 31.5 Å². The molecular formula is C16H24FNO2. The molecule has 0 bridgehead atoms. The van der Waals surface area contributed by atoms with Crippen molar-refractivity contribution in [2.75, 3.05) is 19.7 Å². The molecule has 2 atom stereocenters. The second kappa shape index (κ2) is 7.72. The zero-order valence-corrected chi connectivity index (χ0v) is 11.8. The van der Waals surface area contributed by atoms with Gasteiger partial charge in [0, 0.05) is 25.6 Å². The van der Waals surface area contributed by atoms with E-state index in [9.17, 15) is 14.6 Å². The lowest BCUT2D eigenvalue weighted by Gasteiger charge is -2.31. The molecule has 0 spiro atoms. The van der Waals surface area contributed by atoms with Gasteiger partial charge in [-0.3, -0.25) is 4.90 Å². The summed E-state index contributed by atoms with van der Waals surface area (Å²) in [6.07, 6.45) is 4.47. The van der Waals surface area contributed by atoms with Crippen molar-refractivity contribution >= 4 is 0 Å². The molecule has 0 amide bonds. The lowest BCUT2D eigenvalue weighted by Crippen LogP contribution is -2.39. The maximum atomic E-state index is 12.9. The van der Waals surface area contributed by atoms with Crippen LogP contribution in [0.25, 0.3) is 0 Å². The van der Waals surface area contributed by atoms with Gasteiger partial charge in [-0.2, -0.15) is 0 Å². The summed E-state index contributed by atoms with van der Waals surface area (Å²) in [7, 11) is 0. The van der Waals surface area contributed by atoms with Gasteiger partial charge in [0.25, 0.3) is 0 Å². The molecule has 2 N–H and O–H groups in total. The first kappa shape index (κ1) is 15.4. The minimum atomic E-state index is -0.426. The van der Waals surface area contributed by atoms with Crippen LogP contribution in [0.15, 0.2) is 24.3 Å². The van der Waals surface area contributed by atoms with Gasteiger partial charge in [-0.25, -0.2) is 4.39 Å². The molecule has 112 valence electrons. The van der Waals surface area contributed by atoms with Gasteiger partial charge in [0.15, 0.2) is 0 Å². The molecule has 1 fully saturated rings. The van der Waals surface area contributed by atoms with Crippen molar-refractivity contribution in [2.24, 2.45) is 0 Å². The molecule has 1 aromatic carbocycles. The highest BCUT2D eigenvalue weighted by Gasteiger charge is 2.20. The van der Waals surface area contributed by atoms with Crippen molar-refractivity contribution in [1.82, 2.24) is 4.90 Å². The molecule has 1 aliphatic rings. The number of piperidine rings is 1. The van der Waals surface area contributed by atoms with Crippen LogP contribution in [-0.2, 0) is 0 Å². The van der Waals surface area contributed by atoms with Crippen molar-refractivity contribution in [2.45, 2.75) is 44.2 Å². The van der Waals surface area contributed by atoms with E-state index < -0.39 is 6.23 Å². The predicted octanol–water partition coefficient (Wildman–Crippen LogP) is 2.49. The summed E-state index contributed by atoms with van der Waals surface area (Å²) in [6.45, 7) is 1.95. The van der Waals surface area contributed by atoms with Crippen molar-refractivity contribution in [1.29, 1.82) is 0 Å². The minimum Gasteiger partial charge on any atom is -0.396 e. The van der Waals surface area contributed by atoms with Crippen LogP contribution in [0, 0.1) is 5.82 Å². The van der Waals surface area contributed by atoms with Crippen LogP contribution in [0.1, 0.15) is 43.6 Å². The van der Waals surface area contributed by atoms with Crippen LogP contribution < -0.4 is 0 Å². The third-order valence-corrected chi connectivity index (χ3v) is 4.15. The second-order valence-electron chi connectivity index (χ2n) is 5.59. The zero-order chi connectivity index (χ0) is 14.4. The van der Waals surface area contributed by atoms with Crippen LogP contribution >= 0.6 is 0 Å². The molecule has 0 aromatic heterocycles.